The second kappa shape index (κ2) is 7.72. The van der Waals surface area contributed by atoms with E-state index in [9.17, 15) is 14.4 Å². The summed E-state index contributed by atoms with van der Waals surface area (Å²) in [5.41, 5.74) is 3.10. The van der Waals surface area contributed by atoms with Crippen LogP contribution in [0.15, 0.2) is 78.9 Å². The lowest BCUT2D eigenvalue weighted by Crippen LogP contribution is -2.48. The Morgan fingerprint density at radius 1 is 0.828 bits per heavy atom. The molecule has 0 radical (unpaired) electrons. The summed E-state index contributed by atoms with van der Waals surface area (Å²) in [6.07, 6.45) is 0.240. The predicted octanol–water partition coefficient (Wildman–Crippen LogP) is 3.84. The summed E-state index contributed by atoms with van der Waals surface area (Å²) in [4.78, 5) is 40.3. The molecule has 0 spiro atoms. The van der Waals surface area contributed by atoms with Crippen molar-refractivity contribution < 1.29 is 14.4 Å². The molecule has 1 N–H and O–H groups in total. The van der Waals surface area contributed by atoms with Crippen LogP contribution in [-0.2, 0) is 11.2 Å². The lowest BCUT2D eigenvalue weighted by atomic mass is 10.0. The molecule has 3 amide bonds. The molecule has 3 aromatic rings. The van der Waals surface area contributed by atoms with Gasteiger partial charge in [0, 0.05) is 12.1 Å². The van der Waals surface area contributed by atoms with Crippen molar-refractivity contribution in [1.82, 2.24) is 4.90 Å². The topological polar surface area (TPSA) is 66.5 Å². The molecule has 0 unspecified atom stereocenters. The average molecular weight is 384 g/mol. The normalized spacial score (nSPS) is 13.9. The molecular formula is C24H20N2O3. The van der Waals surface area contributed by atoms with Gasteiger partial charge < -0.3 is 5.32 Å². The third-order valence-corrected chi connectivity index (χ3v) is 5.11. The van der Waals surface area contributed by atoms with Crippen molar-refractivity contribution >= 4 is 23.4 Å². The number of amides is 3. The van der Waals surface area contributed by atoms with E-state index < -0.39 is 23.8 Å². The molecule has 29 heavy (non-hydrogen) atoms. The van der Waals surface area contributed by atoms with Crippen molar-refractivity contribution in [2.45, 2.75) is 19.4 Å². The van der Waals surface area contributed by atoms with Gasteiger partial charge in [-0.3, -0.25) is 19.3 Å². The zero-order valence-electron chi connectivity index (χ0n) is 16.0. The molecule has 4 rings (SSSR count). The van der Waals surface area contributed by atoms with Crippen LogP contribution in [0.4, 0.5) is 5.69 Å². The summed E-state index contributed by atoms with van der Waals surface area (Å²) in [6.45, 7) is 1.89. The third kappa shape index (κ3) is 3.55. The zero-order chi connectivity index (χ0) is 20.4. The maximum absolute atomic E-state index is 13.2. The van der Waals surface area contributed by atoms with Crippen LogP contribution >= 0.6 is 0 Å². The van der Waals surface area contributed by atoms with Crippen LogP contribution in [0, 0.1) is 6.92 Å². The molecule has 0 fully saturated rings. The number of nitrogens with one attached hydrogen (secondary N) is 1. The first-order valence-electron chi connectivity index (χ1n) is 9.43. The zero-order valence-corrected chi connectivity index (χ0v) is 16.0. The Morgan fingerprint density at radius 3 is 2.00 bits per heavy atom. The Kier molecular flexibility index (Phi) is 4.96. The number of carbonyl (C=O) groups is 3. The highest BCUT2D eigenvalue weighted by atomic mass is 16.2. The molecule has 0 saturated heterocycles. The fraction of sp³-hybridized carbons (Fsp3) is 0.125. The van der Waals surface area contributed by atoms with Gasteiger partial charge in [-0.05, 0) is 36.2 Å². The largest absolute Gasteiger partial charge is 0.324 e. The van der Waals surface area contributed by atoms with Crippen LogP contribution in [0.5, 0.6) is 0 Å². The van der Waals surface area contributed by atoms with E-state index in [0.717, 1.165) is 16.0 Å². The van der Waals surface area contributed by atoms with E-state index in [1.807, 2.05) is 55.5 Å². The molecule has 0 aromatic heterocycles. The minimum atomic E-state index is -0.954. The van der Waals surface area contributed by atoms with Gasteiger partial charge in [-0.15, -0.1) is 0 Å². The number of carbonyl (C=O) groups excluding carboxylic acids is 3. The van der Waals surface area contributed by atoms with Crippen molar-refractivity contribution in [2.75, 3.05) is 5.32 Å². The van der Waals surface area contributed by atoms with Crippen LogP contribution in [0.25, 0.3) is 0 Å². The van der Waals surface area contributed by atoms with E-state index in [4.69, 9.17) is 0 Å². The SMILES string of the molecule is Cc1ccccc1NC(=O)[C@H](Cc1ccccc1)N1C(=O)c2ccccc2C1=O. The van der Waals surface area contributed by atoms with Gasteiger partial charge in [-0.2, -0.15) is 0 Å². The highest BCUT2D eigenvalue weighted by Gasteiger charge is 2.42. The van der Waals surface area contributed by atoms with Crippen LogP contribution in [0.1, 0.15) is 31.8 Å². The molecule has 0 aliphatic carbocycles. The molecule has 1 heterocycles. The minimum absolute atomic E-state index is 0.240. The lowest BCUT2D eigenvalue weighted by molar-refractivity contribution is -0.119. The van der Waals surface area contributed by atoms with Gasteiger partial charge in [-0.1, -0.05) is 60.7 Å². The van der Waals surface area contributed by atoms with Crippen LogP contribution in [-0.4, -0.2) is 28.7 Å². The van der Waals surface area contributed by atoms with Crippen LogP contribution < -0.4 is 5.32 Å². The van der Waals surface area contributed by atoms with Crippen LogP contribution in [0.2, 0.25) is 0 Å². The molecular weight excluding hydrogens is 364 g/mol. The Morgan fingerprint density at radius 2 is 1.38 bits per heavy atom. The Labute approximate surface area is 169 Å². The number of aryl methyl sites for hydroxylation is 1. The van der Waals surface area contributed by atoms with Gasteiger partial charge in [0.25, 0.3) is 11.8 Å². The summed E-state index contributed by atoms with van der Waals surface area (Å²) in [5.74, 6) is -1.27. The maximum atomic E-state index is 13.2. The van der Waals surface area contributed by atoms with E-state index in [1.54, 1.807) is 30.3 Å². The molecule has 0 saturated carbocycles. The summed E-state index contributed by atoms with van der Waals surface area (Å²) >= 11 is 0. The number of rotatable bonds is 5. The predicted molar refractivity (Wildman–Crippen MR) is 111 cm³/mol. The van der Waals surface area contributed by atoms with Crippen molar-refractivity contribution in [3.8, 4) is 0 Å². The minimum Gasteiger partial charge on any atom is -0.324 e. The van der Waals surface area contributed by atoms with Gasteiger partial charge in [0.15, 0.2) is 0 Å². The van der Waals surface area contributed by atoms with Gasteiger partial charge in [0.2, 0.25) is 5.91 Å². The Bertz CT molecular complexity index is 1060. The Hall–Kier alpha value is -3.73. The highest BCUT2D eigenvalue weighted by Crippen LogP contribution is 2.27. The van der Waals surface area contributed by atoms with Crippen molar-refractivity contribution in [1.29, 1.82) is 0 Å². The number of fused-ring (bicyclic) bond motifs is 1. The first-order valence-corrected chi connectivity index (χ1v) is 9.43. The number of anilines is 1. The quantitative estimate of drug-likeness (QED) is 0.680. The molecule has 1 aliphatic heterocycles. The van der Waals surface area contributed by atoms with E-state index in [1.165, 1.54) is 0 Å². The average Bonchev–Trinajstić information content (AvgIpc) is 2.99. The molecule has 5 heteroatoms. The number of nitrogens with zero attached hydrogens (tertiary/aromatic N) is 1. The number of para-hydroxylation sites is 1. The second-order valence-corrected chi connectivity index (χ2v) is 7.04. The first-order chi connectivity index (χ1) is 14.1. The molecule has 1 atom stereocenters. The fourth-order valence-electron chi connectivity index (χ4n) is 3.56. The first kappa shape index (κ1) is 18.6. The van der Waals surface area contributed by atoms with E-state index in [0.29, 0.717) is 16.8 Å². The van der Waals surface area contributed by atoms with Gasteiger partial charge in [-0.25, -0.2) is 0 Å². The fourth-order valence-corrected chi connectivity index (χ4v) is 3.56. The number of hydrogen-bond donors (Lipinski definition) is 1. The van der Waals surface area contributed by atoms with Crippen LogP contribution in [0.3, 0.4) is 0 Å². The van der Waals surface area contributed by atoms with Crippen molar-refractivity contribution in [3.05, 3.63) is 101 Å². The van der Waals surface area contributed by atoms with E-state index in [-0.39, 0.29) is 6.42 Å². The van der Waals surface area contributed by atoms with Crippen molar-refractivity contribution in [3.63, 3.8) is 0 Å². The highest BCUT2D eigenvalue weighted by molar-refractivity contribution is 6.23. The van der Waals surface area contributed by atoms with Gasteiger partial charge in [0.1, 0.15) is 6.04 Å². The maximum Gasteiger partial charge on any atom is 0.262 e. The number of imide groups is 1. The molecule has 5 nitrogen and oxygen atoms in total. The summed E-state index contributed by atoms with van der Waals surface area (Å²) in [5, 5.41) is 2.89. The van der Waals surface area contributed by atoms with Crippen molar-refractivity contribution in [2.24, 2.45) is 0 Å². The molecule has 1 aliphatic rings. The monoisotopic (exact) mass is 384 g/mol. The van der Waals surface area contributed by atoms with Gasteiger partial charge in [0.05, 0.1) is 11.1 Å². The second-order valence-electron chi connectivity index (χ2n) is 7.04. The number of hydrogen-bond acceptors (Lipinski definition) is 3. The smallest absolute Gasteiger partial charge is 0.262 e. The third-order valence-electron chi connectivity index (χ3n) is 5.11. The summed E-state index contributed by atoms with van der Waals surface area (Å²) in [6, 6.07) is 22.5. The molecule has 3 aromatic carbocycles. The number of benzene rings is 3. The lowest BCUT2D eigenvalue weighted by Gasteiger charge is -2.26. The van der Waals surface area contributed by atoms with E-state index >= 15 is 0 Å². The Balaban J connectivity index is 1.69. The molecule has 0 bridgehead atoms. The van der Waals surface area contributed by atoms with E-state index in [2.05, 4.69) is 5.32 Å². The summed E-state index contributed by atoms with van der Waals surface area (Å²) < 4.78 is 0. The molecule has 144 valence electrons. The standard InChI is InChI=1S/C24H20N2O3/c1-16-9-5-8-14-20(16)25-22(27)21(15-17-10-3-2-4-11-17)26-23(28)18-12-6-7-13-19(18)24(26)29/h2-14,21H,15H2,1H3,(H,25,27)/t21-/m0/s1. The van der Waals surface area contributed by atoms with Gasteiger partial charge >= 0.3 is 0 Å². The summed E-state index contributed by atoms with van der Waals surface area (Å²) in [7, 11) is 0.